The fourth-order valence-corrected chi connectivity index (χ4v) is 2.86. The van der Waals surface area contributed by atoms with Gasteiger partial charge in [-0.3, -0.25) is 0 Å². The summed E-state index contributed by atoms with van der Waals surface area (Å²) in [5.74, 6) is 0.295. The van der Waals surface area contributed by atoms with Gasteiger partial charge in [0.05, 0.1) is 12.1 Å². The number of hydrogen-bond acceptors (Lipinski definition) is 3. The molecule has 3 rings (SSSR count). The highest BCUT2D eigenvalue weighted by Crippen LogP contribution is 2.26. The Labute approximate surface area is 125 Å². The van der Waals surface area contributed by atoms with E-state index in [1.165, 1.54) is 5.56 Å². The zero-order valence-electron chi connectivity index (χ0n) is 12.2. The second-order valence-corrected chi connectivity index (χ2v) is 5.57. The van der Waals surface area contributed by atoms with Crippen LogP contribution >= 0.6 is 0 Å². The molecule has 0 bridgehead atoms. The van der Waals surface area contributed by atoms with Crippen molar-refractivity contribution in [2.45, 2.75) is 31.5 Å². The number of nitrogens with one attached hydrogen (secondary N) is 1. The molecule has 0 aliphatic carbocycles. The number of rotatable bonds is 4. The smallest absolute Gasteiger partial charge is 0.115 e. The lowest BCUT2D eigenvalue weighted by atomic mass is 9.96. The average Bonchev–Trinajstić information content (AvgIpc) is 2.92. The van der Waals surface area contributed by atoms with Gasteiger partial charge in [0.25, 0.3) is 0 Å². The Morgan fingerprint density at radius 2 is 1.71 bits per heavy atom. The predicted octanol–water partition coefficient (Wildman–Crippen LogP) is 3.25. The summed E-state index contributed by atoms with van der Waals surface area (Å²) < 4.78 is 5.65. The van der Waals surface area contributed by atoms with Crippen LogP contribution in [-0.4, -0.2) is 23.9 Å². The van der Waals surface area contributed by atoms with E-state index in [1.807, 2.05) is 18.2 Å². The second kappa shape index (κ2) is 6.29. The van der Waals surface area contributed by atoms with Crippen LogP contribution in [0, 0.1) is 0 Å². The molecule has 1 saturated heterocycles. The van der Waals surface area contributed by atoms with Gasteiger partial charge in [-0.15, -0.1) is 0 Å². The van der Waals surface area contributed by atoms with Crippen molar-refractivity contribution in [2.75, 3.05) is 6.61 Å². The molecule has 3 atom stereocenters. The molecule has 0 aromatic heterocycles. The highest BCUT2D eigenvalue weighted by Gasteiger charge is 2.27. The SMILES string of the molecule is CC1OCCC1NC(c1ccccc1)c1ccc(O)cc1. The van der Waals surface area contributed by atoms with E-state index in [-0.39, 0.29) is 12.1 Å². The van der Waals surface area contributed by atoms with Gasteiger partial charge in [-0.2, -0.15) is 0 Å². The number of benzene rings is 2. The van der Waals surface area contributed by atoms with E-state index in [9.17, 15) is 5.11 Å². The van der Waals surface area contributed by atoms with Crippen LogP contribution in [0.2, 0.25) is 0 Å². The lowest BCUT2D eigenvalue weighted by molar-refractivity contribution is 0.112. The lowest BCUT2D eigenvalue weighted by Gasteiger charge is -2.25. The number of hydrogen-bond donors (Lipinski definition) is 2. The highest BCUT2D eigenvalue weighted by molar-refractivity contribution is 5.35. The van der Waals surface area contributed by atoms with Crippen LogP contribution in [-0.2, 0) is 4.74 Å². The van der Waals surface area contributed by atoms with Gasteiger partial charge in [0.15, 0.2) is 0 Å². The highest BCUT2D eigenvalue weighted by atomic mass is 16.5. The molecule has 1 aliphatic heterocycles. The third-order valence-corrected chi connectivity index (χ3v) is 4.12. The predicted molar refractivity (Wildman–Crippen MR) is 83.3 cm³/mol. The van der Waals surface area contributed by atoms with Crippen LogP contribution < -0.4 is 5.32 Å². The first-order chi connectivity index (χ1) is 10.2. The van der Waals surface area contributed by atoms with Gasteiger partial charge in [-0.25, -0.2) is 0 Å². The van der Waals surface area contributed by atoms with E-state index >= 15 is 0 Å². The van der Waals surface area contributed by atoms with Gasteiger partial charge in [0.2, 0.25) is 0 Å². The molecule has 1 heterocycles. The molecule has 21 heavy (non-hydrogen) atoms. The summed E-state index contributed by atoms with van der Waals surface area (Å²) in [6.07, 6.45) is 1.26. The molecule has 0 saturated carbocycles. The molecule has 2 aromatic rings. The Balaban J connectivity index is 1.89. The molecule has 3 heteroatoms. The summed E-state index contributed by atoms with van der Waals surface area (Å²) in [5, 5.41) is 13.2. The molecule has 3 nitrogen and oxygen atoms in total. The first-order valence-corrected chi connectivity index (χ1v) is 7.45. The zero-order chi connectivity index (χ0) is 14.7. The average molecular weight is 283 g/mol. The van der Waals surface area contributed by atoms with Gasteiger partial charge in [0.1, 0.15) is 5.75 Å². The minimum atomic E-state index is 0.112. The Bertz CT molecular complexity index is 568. The molecule has 0 amide bonds. The van der Waals surface area contributed by atoms with Crippen LogP contribution in [0.4, 0.5) is 0 Å². The molecular formula is C18H21NO2. The first-order valence-electron chi connectivity index (χ1n) is 7.45. The first kappa shape index (κ1) is 14.1. The standard InChI is InChI=1S/C18H21NO2/c1-13-17(11-12-21-13)19-18(14-5-3-2-4-6-14)15-7-9-16(20)10-8-15/h2-10,13,17-20H,11-12H2,1H3. The summed E-state index contributed by atoms with van der Waals surface area (Å²) in [4.78, 5) is 0. The molecule has 2 N–H and O–H groups in total. The maximum absolute atomic E-state index is 9.49. The van der Waals surface area contributed by atoms with Crippen molar-refractivity contribution in [1.82, 2.24) is 5.32 Å². The molecule has 0 spiro atoms. The zero-order valence-corrected chi connectivity index (χ0v) is 12.2. The lowest BCUT2D eigenvalue weighted by Crippen LogP contribution is -2.38. The quantitative estimate of drug-likeness (QED) is 0.905. The monoisotopic (exact) mass is 283 g/mol. The maximum Gasteiger partial charge on any atom is 0.115 e. The summed E-state index contributed by atoms with van der Waals surface area (Å²) in [6.45, 7) is 2.93. The minimum absolute atomic E-state index is 0.112. The van der Waals surface area contributed by atoms with Crippen LogP contribution in [0.25, 0.3) is 0 Å². The molecule has 2 aromatic carbocycles. The molecule has 0 radical (unpaired) electrons. The van der Waals surface area contributed by atoms with Crippen LogP contribution in [0.3, 0.4) is 0 Å². The van der Waals surface area contributed by atoms with E-state index in [4.69, 9.17) is 4.74 Å². The topological polar surface area (TPSA) is 41.5 Å². The minimum Gasteiger partial charge on any atom is -0.508 e. The van der Waals surface area contributed by atoms with Gasteiger partial charge in [-0.1, -0.05) is 42.5 Å². The van der Waals surface area contributed by atoms with Crippen LogP contribution in [0.15, 0.2) is 54.6 Å². The van der Waals surface area contributed by atoms with Gasteiger partial charge < -0.3 is 15.2 Å². The van der Waals surface area contributed by atoms with E-state index in [2.05, 4.69) is 36.5 Å². The van der Waals surface area contributed by atoms with Crippen molar-refractivity contribution in [2.24, 2.45) is 0 Å². The van der Waals surface area contributed by atoms with Crippen molar-refractivity contribution in [3.63, 3.8) is 0 Å². The molecule has 1 fully saturated rings. The van der Waals surface area contributed by atoms with Gasteiger partial charge in [-0.05, 0) is 36.6 Å². The number of phenolic OH excluding ortho intramolecular Hbond substituents is 1. The number of ether oxygens (including phenoxy) is 1. The van der Waals surface area contributed by atoms with E-state index in [0.717, 1.165) is 18.6 Å². The number of aromatic hydroxyl groups is 1. The Morgan fingerprint density at radius 3 is 2.33 bits per heavy atom. The van der Waals surface area contributed by atoms with Gasteiger partial charge >= 0.3 is 0 Å². The molecular weight excluding hydrogens is 262 g/mol. The molecule has 1 aliphatic rings. The molecule has 110 valence electrons. The summed E-state index contributed by atoms with van der Waals surface area (Å²) in [5.41, 5.74) is 2.38. The van der Waals surface area contributed by atoms with Crippen LogP contribution in [0.1, 0.15) is 30.5 Å². The van der Waals surface area contributed by atoms with E-state index in [1.54, 1.807) is 12.1 Å². The van der Waals surface area contributed by atoms with Crippen molar-refractivity contribution >= 4 is 0 Å². The Morgan fingerprint density at radius 1 is 1.05 bits per heavy atom. The third-order valence-electron chi connectivity index (χ3n) is 4.12. The fraction of sp³-hybridized carbons (Fsp3) is 0.333. The van der Waals surface area contributed by atoms with E-state index < -0.39 is 0 Å². The summed E-state index contributed by atoms with van der Waals surface area (Å²) >= 11 is 0. The fourth-order valence-electron chi connectivity index (χ4n) is 2.86. The largest absolute Gasteiger partial charge is 0.508 e. The van der Waals surface area contributed by atoms with E-state index in [0.29, 0.717) is 11.8 Å². The maximum atomic E-state index is 9.49. The van der Waals surface area contributed by atoms with Crippen molar-refractivity contribution < 1.29 is 9.84 Å². The normalized spacial score (nSPS) is 23.1. The van der Waals surface area contributed by atoms with Crippen molar-refractivity contribution in [3.8, 4) is 5.75 Å². The summed E-state index contributed by atoms with van der Waals surface area (Å²) in [6, 6.07) is 18.3. The van der Waals surface area contributed by atoms with Gasteiger partial charge in [0, 0.05) is 12.6 Å². The van der Waals surface area contributed by atoms with Crippen LogP contribution in [0.5, 0.6) is 5.75 Å². The van der Waals surface area contributed by atoms with Crippen molar-refractivity contribution in [1.29, 1.82) is 0 Å². The number of phenols is 1. The second-order valence-electron chi connectivity index (χ2n) is 5.57. The Kier molecular flexibility index (Phi) is 4.23. The van der Waals surface area contributed by atoms with Crippen molar-refractivity contribution in [3.05, 3.63) is 65.7 Å². The Hall–Kier alpha value is -1.84. The summed E-state index contributed by atoms with van der Waals surface area (Å²) in [7, 11) is 0. The third kappa shape index (κ3) is 3.26. The molecule has 3 unspecified atom stereocenters.